The topological polar surface area (TPSA) is 90.2 Å². The van der Waals surface area contributed by atoms with Crippen LogP contribution in [-0.2, 0) is 16.0 Å². The average Bonchev–Trinajstić information content (AvgIpc) is 2.41. The lowest BCUT2D eigenvalue weighted by atomic mass is 10.0. The van der Waals surface area contributed by atoms with Crippen LogP contribution >= 0.6 is 0 Å². The van der Waals surface area contributed by atoms with Crippen molar-refractivity contribution in [1.82, 2.24) is 5.32 Å². The number of nitrogens with zero attached hydrogens (tertiary/aromatic N) is 1. The molecule has 1 aromatic rings. The zero-order valence-electron chi connectivity index (χ0n) is 13.0. The summed E-state index contributed by atoms with van der Waals surface area (Å²) in [5.74, 6) is -1.28. The number of rotatable bonds is 5. The minimum Gasteiger partial charge on any atom is -0.481 e. The fourth-order valence-corrected chi connectivity index (χ4v) is 1.81. The summed E-state index contributed by atoms with van der Waals surface area (Å²) in [4.78, 5) is 22.6. The van der Waals surface area contributed by atoms with E-state index in [0.717, 1.165) is 5.56 Å². The molecule has 1 aromatic carbocycles. The fraction of sp³-hybridized carbons (Fsp3) is 0.353. The van der Waals surface area contributed by atoms with Crippen molar-refractivity contribution in [2.75, 3.05) is 0 Å². The van der Waals surface area contributed by atoms with Crippen LogP contribution in [0.15, 0.2) is 29.8 Å². The van der Waals surface area contributed by atoms with Crippen molar-refractivity contribution in [2.24, 2.45) is 0 Å². The number of nitriles is 1. The van der Waals surface area contributed by atoms with E-state index in [4.69, 9.17) is 10.4 Å². The molecular weight excluding hydrogens is 280 g/mol. The summed E-state index contributed by atoms with van der Waals surface area (Å²) in [5, 5.41) is 20.6. The molecule has 5 nitrogen and oxygen atoms in total. The molecule has 0 bridgehead atoms. The number of nitrogens with one attached hydrogen (secondary N) is 1. The first-order chi connectivity index (χ1) is 10.2. The second kappa shape index (κ2) is 7.41. The number of carboxylic acid groups (broad SMARTS) is 1. The quantitative estimate of drug-likeness (QED) is 0.646. The van der Waals surface area contributed by atoms with Crippen LogP contribution in [-0.4, -0.2) is 22.5 Å². The highest BCUT2D eigenvalue weighted by Crippen LogP contribution is 2.12. The van der Waals surface area contributed by atoms with Crippen LogP contribution < -0.4 is 5.32 Å². The summed E-state index contributed by atoms with van der Waals surface area (Å²) in [6, 6.07) is 9.05. The van der Waals surface area contributed by atoms with E-state index in [2.05, 4.69) is 5.32 Å². The zero-order chi connectivity index (χ0) is 16.8. The Morgan fingerprint density at radius 1 is 1.36 bits per heavy atom. The van der Waals surface area contributed by atoms with Crippen molar-refractivity contribution in [1.29, 1.82) is 5.26 Å². The Kier molecular flexibility index (Phi) is 5.88. The van der Waals surface area contributed by atoms with E-state index >= 15 is 0 Å². The number of benzene rings is 1. The minimum atomic E-state index is -0.858. The standard InChI is InChI=1S/C17H20N2O3/c1-17(2,3)19-16(22)14(11-18)10-13-6-4-5-12(9-13)7-8-15(20)21/h4-6,9-10H,7-8H2,1-3H3,(H,19,22)(H,20,21). The van der Waals surface area contributed by atoms with Crippen molar-refractivity contribution in [2.45, 2.75) is 39.2 Å². The molecule has 0 fully saturated rings. The molecule has 0 aliphatic carbocycles. The van der Waals surface area contributed by atoms with Gasteiger partial charge < -0.3 is 10.4 Å². The molecule has 0 heterocycles. The fourth-order valence-electron chi connectivity index (χ4n) is 1.81. The molecule has 0 aliphatic rings. The van der Waals surface area contributed by atoms with Gasteiger partial charge in [-0.2, -0.15) is 5.26 Å². The van der Waals surface area contributed by atoms with E-state index in [9.17, 15) is 9.59 Å². The molecule has 2 N–H and O–H groups in total. The lowest BCUT2D eigenvalue weighted by molar-refractivity contribution is -0.137. The van der Waals surface area contributed by atoms with E-state index < -0.39 is 17.4 Å². The first-order valence-corrected chi connectivity index (χ1v) is 6.96. The Morgan fingerprint density at radius 2 is 2.05 bits per heavy atom. The number of aryl methyl sites for hydroxylation is 1. The molecule has 1 rings (SSSR count). The van der Waals surface area contributed by atoms with Gasteiger partial charge >= 0.3 is 5.97 Å². The number of amides is 1. The third kappa shape index (κ3) is 6.23. The van der Waals surface area contributed by atoms with E-state index in [1.807, 2.05) is 32.9 Å². The van der Waals surface area contributed by atoms with Crippen molar-refractivity contribution in [3.63, 3.8) is 0 Å². The van der Waals surface area contributed by atoms with Crippen molar-refractivity contribution < 1.29 is 14.7 Å². The average molecular weight is 300 g/mol. The lowest BCUT2D eigenvalue weighted by Crippen LogP contribution is -2.41. The maximum atomic E-state index is 12.0. The van der Waals surface area contributed by atoms with Crippen LogP contribution in [0.3, 0.4) is 0 Å². The summed E-state index contributed by atoms with van der Waals surface area (Å²) < 4.78 is 0. The third-order valence-corrected chi connectivity index (χ3v) is 2.74. The molecule has 0 saturated carbocycles. The monoisotopic (exact) mass is 300 g/mol. The van der Waals surface area contributed by atoms with Crippen molar-refractivity contribution >= 4 is 18.0 Å². The third-order valence-electron chi connectivity index (χ3n) is 2.74. The summed E-state index contributed by atoms with van der Waals surface area (Å²) in [6.45, 7) is 5.52. The smallest absolute Gasteiger partial charge is 0.303 e. The summed E-state index contributed by atoms with van der Waals surface area (Å²) >= 11 is 0. The van der Waals surface area contributed by atoms with Crippen molar-refractivity contribution in [3.8, 4) is 6.07 Å². The molecule has 22 heavy (non-hydrogen) atoms. The largest absolute Gasteiger partial charge is 0.481 e. The Bertz CT molecular complexity index is 634. The van der Waals surface area contributed by atoms with Crippen LogP contribution in [0.2, 0.25) is 0 Å². The van der Waals surface area contributed by atoms with Gasteiger partial charge in [0.1, 0.15) is 11.6 Å². The molecule has 0 radical (unpaired) electrons. The van der Waals surface area contributed by atoms with Crippen LogP contribution in [0.5, 0.6) is 0 Å². The second-order valence-electron chi connectivity index (χ2n) is 6.01. The van der Waals surface area contributed by atoms with E-state index in [1.54, 1.807) is 18.2 Å². The minimum absolute atomic E-state index is 0.0188. The number of hydrogen-bond donors (Lipinski definition) is 2. The number of aliphatic carboxylic acids is 1. The van der Waals surface area contributed by atoms with Crippen molar-refractivity contribution in [3.05, 3.63) is 41.0 Å². The van der Waals surface area contributed by atoms with E-state index in [0.29, 0.717) is 12.0 Å². The maximum Gasteiger partial charge on any atom is 0.303 e. The number of hydrogen-bond acceptors (Lipinski definition) is 3. The zero-order valence-corrected chi connectivity index (χ0v) is 13.0. The van der Waals surface area contributed by atoms with Gasteiger partial charge in [-0.3, -0.25) is 9.59 Å². The molecular formula is C17H20N2O3. The Balaban J connectivity index is 2.94. The molecule has 5 heteroatoms. The molecule has 0 unspecified atom stereocenters. The Hall–Kier alpha value is -2.61. The molecule has 0 aromatic heterocycles. The molecule has 116 valence electrons. The SMILES string of the molecule is CC(C)(C)NC(=O)C(C#N)=Cc1cccc(CCC(=O)O)c1. The molecule has 0 saturated heterocycles. The molecule has 1 amide bonds. The molecule has 0 aliphatic heterocycles. The number of carbonyl (C=O) groups is 2. The van der Waals surface area contributed by atoms with Gasteiger partial charge in [0.2, 0.25) is 0 Å². The summed E-state index contributed by atoms with van der Waals surface area (Å²) in [6.07, 6.45) is 1.96. The highest BCUT2D eigenvalue weighted by atomic mass is 16.4. The van der Waals surface area contributed by atoms with Crippen LogP contribution in [0.1, 0.15) is 38.3 Å². The maximum absolute atomic E-state index is 12.0. The highest BCUT2D eigenvalue weighted by molar-refractivity contribution is 6.02. The van der Waals surface area contributed by atoms with Gasteiger partial charge in [-0.1, -0.05) is 24.3 Å². The van der Waals surface area contributed by atoms with Gasteiger partial charge in [0, 0.05) is 12.0 Å². The summed E-state index contributed by atoms with van der Waals surface area (Å²) in [7, 11) is 0. The van der Waals surface area contributed by atoms with Gasteiger partial charge in [0.05, 0.1) is 0 Å². The first kappa shape index (κ1) is 17.4. The van der Waals surface area contributed by atoms with Gasteiger partial charge in [-0.05, 0) is 44.4 Å². The number of carbonyl (C=O) groups excluding carboxylic acids is 1. The van der Waals surface area contributed by atoms with Gasteiger partial charge in [-0.25, -0.2) is 0 Å². The van der Waals surface area contributed by atoms with Crippen LogP contribution in [0.25, 0.3) is 6.08 Å². The predicted molar refractivity (Wildman–Crippen MR) is 83.9 cm³/mol. The summed E-state index contributed by atoms with van der Waals surface area (Å²) in [5.41, 5.74) is 1.15. The predicted octanol–water partition coefficient (Wildman–Crippen LogP) is 2.53. The molecule has 0 atom stereocenters. The normalized spacial score (nSPS) is 11.6. The van der Waals surface area contributed by atoms with Crippen LogP contribution in [0.4, 0.5) is 0 Å². The van der Waals surface area contributed by atoms with Crippen LogP contribution in [0, 0.1) is 11.3 Å². The van der Waals surface area contributed by atoms with Gasteiger partial charge in [0.15, 0.2) is 0 Å². The Morgan fingerprint density at radius 3 is 2.59 bits per heavy atom. The molecule has 0 spiro atoms. The Labute approximate surface area is 130 Å². The van der Waals surface area contributed by atoms with Gasteiger partial charge in [-0.15, -0.1) is 0 Å². The van der Waals surface area contributed by atoms with Gasteiger partial charge in [0.25, 0.3) is 5.91 Å². The first-order valence-electron chi connectivity index (χ1n) is 6.96. The highest BCUT2D eigenvalue weighted by Gasteiger charge is 2.17. The van der Waals surface area contributed by atoms with E-state index in [-0.39, 0.29) is 12.0 Å². The van der Waals surface area contributed by atoms with E-state index in [1.165, 1.54) is 6.08 Å². The second-order valence-corrected chi connectivity index (χ2v) is 6.01. The lowest BCUT2D eigenvalue weighted by Gasteiger charge is -2.20. The number of carboxylic acids is 1.